The van der Waals surface area contributed by atoms with E-state index in [-0.39, 0.29) is 11.7 Å². The van der Waals surface area contributed by atoms with Gasteiger partial charge in [0.25, 0.3) is 0 Å². The molecule has 0 saturated heterocycles. The maximum Gasteiger partial charge on any atom is 0.138 e. The highest BCUT2D eigenvalue weighted by Gasteiger charge is 2.14. The van der Waals surface area contributed by atoms with E-state index in [9.17, 15) is 4.39 Å². The monoisotopic (exact) mass is 411 g/mol. The van der Waals surface area contributed by atoms with Crippen LogP contribution in [0.25, 0.3) is 16.7 Å². The Morgan fingerprint density at radius 2 is 2.00 bits per heavy atom. The summed E-state index contributed by atoms with van der Waals surface area (Å²) < 4.78 is 16.2. The lowest BCUT2D eigenvalue weighted by Crippen LogP contribution is -1.99. The van der Waals surface area contributed by atoms with Crippen LogP contribution >= 0.6 is 34.2 Å². The van der Waals surface area contributed by atoms with Crippen LogP contribution in [0.5, 0.6) is 0 Å². The Hall–Kier alpha value is -1.65. The number of aromatic nitrogens is 2. The minimum absolute atomic E-state index is 0.215. The number of nitrogens with zero attached hydrogens (tertiary/aromatic N) is 3. The SMILES string of the molecule is N#Cc1ccc(-n2c(CCl)nc3cc(I)c(F)cc32)cc1. The van der Waals surface area contributed by atoms with Gasteiger partial charge in [-0.05, 0) is 52.9 Å². The Balaban J connectivity index is 2.28. The van der Waals surface area contributed by atoms with Crippen molar-refractivity contribution in [1.29, 1.82) is 5.26 Å². The Labute approximate surface area is 139 Å². The lowest BCUT2D eigenvalue weighted by molar-refractivity contribution is 0.622. The van der Waals surface area contributed by atoms with Crippen LogP contribution in [0.2, 0.25) is 0 Å². The molecule has 0 amide bonds. The first kappa shape index (κ1) is 14.3. The largest absolute Gasteiger partial charge is 0.295 e. The third kappa shape index (κ3) is 2.49. The molecule has 0 aliphatic carbocycles. The van der Waals surface area contributed by atoms with Crippen molar-refractivity contribution in [2.24, 2.45) is 0 Å². The Morgan fingerprint density at radius 3 is 2.62 bits per heavy atom. The van der Waals surface area contributed by atoms with Crippen molar-refractivity contribution >= 4 is 45.2 Å². The normalized spacial score (nSPS) is 10.8. The molecule has 0 saturated carbocycles. The minimum atomic E-state index is -0.293. The molecule has 3 nitrogen and oxygen atoms in total. The molecule has 0 fully saturated rings. The second kappa shape index (κ2) is 5.62. The number of rotatable bonds is 2. The quantitative estimate of drug-likeness (QED) is 0.464. The number of hydrogen-bond acceptors (Lipinski definition) is 2. The second-order valence-electron chi connectivity index (χ2n) is 4.41. The molecule has 3 aromatic rings. The van der Waals surface area contributed by atoms with Crippen LogP contribution in [0.15, 0.2) is 36.4 Å². The van der Waals surface area contributed by atoms with Gasteiger partial charge >= 0.3 is 0 Å². The summed E-state index contributed by atoms with van der Waals surface area (Å²) >= 11 is 7.90. The molecule has 104 valence electrons. The van der Waals surface area contributed by atoms with Gasteiger partial charge in [0, 0.05) is 11.8 Å². The zero-order valence-corrected chi connectivity index (χ0v) is 13.6. The molecule has 3 rings (SSSR count). The van der Waals surface area contributed by atoms with Gasteiger partial charge in [0.1, 0.15) is 11.6 Å². The maximum absolute atomic E-state index is 13.9. The van der Waals surface area contributed by atoms with Gasteiger partial charge in [0.15, 0.2) is 0 Å². The summed E-state index contributed by atoms with van der Waals surface area (Å²) in [7, 11) is 0. The molecule has 0 radical (unpaired) electrons. The van der Waals surface area contributed by atoms with Crippen molar-refractivity contribution in [2.45, 2.75) is 5.88 Å². The van der Waals surface area contributed by atoms with Crippen molar-refractivity contribution in [3.05, 3.63) is 57.2 Å². The Morgan fingerprint density at radius 1 is 1.29 bits per heavy atom. The summed E-state index contributed by atoms with van der Waals surface area (Å²) in [4.78, 5) is 4.45. The lowest BCUT2D eigenvalue weighted by Gasteiger charge is -2.08. The van der Waals surface area contributed by atoms with Gasteiger partial charge in [-0.1, -0.05) is 0 Å². The number of hydrogen-bond donors (Lipinski definition) is 0. The standard InChI is InChI=1S/C15H8ClFIN3/c16-7-15-20-13-6-12(18)11(17)5-14(13)21(15)10-3-1-9(8-19)2-4-10/h1-6H,7H2. The molecule has 6 heteroatoms. The van der Waals surface area contributed by atoms with Crippen LogP contribution in [-0.4, -0.2) is 9.55 Å². The van der Waals surface area contributed by atoms with Gasteiger partial charge in [-0.2, -0.15) is 5.26 Å². The highest BCUT2D eigenvalue weighted by molar-refractivity contribution is 14.1. The predicted molar refractivity (Wildman–Crippen MR) is 88.0 cm³/mol. The van der Waals surface area contributed by atoms with E-state index in [1.54, 1.807) is 30.3 Å². The van der Waals surface area contributed by atoms with Crippen molar-refractivity contribution in [1.82, 2.24) is 9.55 Å². The van der Waals surface area contributed by atoms with E-state index in [1.807, 2.05) is 27.2 Å². The van der Waals surface area contributed by atoms with Crippen molar-refractivity contribution in [2.75, 3.05) is 0 Å². The first-order chi connectivity index (χ1) is 10.1. The molecular weight excluding hydrogens is 404 g/mol. The summed E-state index contributed by atoms with van der Waals surface area (Å²) in [5.74, 6) is 0.559. The van der Waals surface area contributed by atoms with E-state index in [0.717, 1.165) is 5.69 Å². The van der Waals surface area contributed by atoms with Crippen LogP contribution in [-0.2, 0) is 5.88 Å². The van der Waals surface area contributed by atoms with Crippen LogP contribution in [0.1, 0.15) is 11.4 Å². The summed E-state index contributed by atoms with van der Waals surface area (Å²) in [5.41, 5.74) is 2.72. The molecule has 0 bridgehead atoms. The first-order valence-corrected chi connectivity index (χ1v) is 7.68. The molecule has 0 aliphatic heterocycles. The molecule has 0 aliphatic rings. The van der Waals surface area contributed by atoms with Crippen molar-refractivity contribution < 1.29 is 4.39 Å². The lowest BCUT2D eigenvalue weighted by atomic mass is 10.2. The number of fused-ring (bicyclic) bond motifs is 1. The summed E-state index contributed by atoms with van der Waals surface area (Å²) in [6.45, 7) is 0. The van der Waals surface area contributed by atoms with Crippen molar-refractivity contribution in [3.63, 3.8) is 0 Å². The molecule has 21 heavy (non-hydrogen) atoms. The zero-order chi connectivity index (χ0) is 15.0. The third-order valence-electron chi connectivity index (χ3n) is 3.14. The summed E-state index contributed by atoms with van der Waals surface area (Å²) in [6, 6.07) is 12.2. The van der Waals surface area contributed by atoms with E-state index in [4.69, 9.17) is 16.9 Å². The number of benzene rings is 2. The number of nitriles is 1. The highest BCUT2D eigenvalue weighted by Crippen LogP contribution is 2.26. The Bertz CT molecular complexity index is 865. The van der Waals surface area contributed by atoms with E-state index < -0.39 is 0 Å². The highest BCUT2D eigenvalue weighted by atomic mass is 127. The van der Waals surface area contributed by atoms with Crippen LogP contribution in [0, 0.1) is 20.7 Å². The average Bonchev–Trinajstić information content (AvgIpc) is 2.85. The fourth-order valence-corrected chi connectivity index (χ4v) is 2.82. The molecule has 0 N–H and O–H groups in total. The van der Waals surface area contributed by atoms with Gasteiger partial charge in [-0.15, -0.1) is 11.6 Å². The van der Waals surface area contributed by atoms with Gasteiger partial charge < -0.3 is 0 Å². The molecule has 0 atom stereocenters. The van der Waals surface area contributed by atoms with Crippen LogP contribution in [0.4, 0.5) is 4.39 Å². The fraction of sp³-hybridized carbons (Fsp3) is 0.0667. The van der Waals surface area contributed by atoms with E-state index >= 15 is 0 Å². The molecule has 1 aromatic heterocycles. The van der Waals surface area contributed by atoms with Gasteiger partial charge in [0.05, 0.1) is 32.1 Å². The zero-order valence-electron chi connectivity index (χ0n) is 10.6. The van der Waals surface area contributed by atoms with Crippen LogP contribution < -0.4 is 0 Å². The first-order valence-electron chi connectivity index (χ1n) is 6.07. The number of halogens is 3. The molecule has 2 aromatic carbocycles. The maximum atomic E-state index is 13.9. The molecule has 0 unspecified atom stereocenters. The second-order valence-corrected chi connectivity index (χ2v) is 5.84. The van der Waals surface area contributed by atoms with Crippen molar-refractivity contribution in [3.8, 4) is 11.8 Å². The van der Waals surface area contributed by atoms with Gasteiger partial charge in [0.2, 0.25) is 0 Å². The fourth-order valence-electron chi connectivity index (χ4n) is 2.19. The predicted octanol–water partition coefficient (Wildman–Crippen LogP) is 4.38. The van der Waals surface area contributed by atoms with E-state index in [1.165, 1.54) is 6.07 Å². The third-order valence-corrected chi connectivity index (χ3v) is 4.21. The van der Waals surface area contributed by atoms with E-state index in [2.05, 4.69) is 11.1 Å². The van der Waals surface area contributed by atoms with Crippen LogP contribution in [0.3, 0.4) is 0 Å². The molecular formula is C15H8ClFIN3. The van der Waals surface area contributed by atoms with Gasteiger partial charge in [-0.3, -0.25) is 4.57 Å². The molecule has 1 heterocycles. The average molecular weight is 412 g/mol. The topological polar surface area (TPSA) is 41.6 Å². The Kier molecular flexibility index (Phi) is 3.83. The summed E-state index contributed by atoms with van der Waals surface area (Å²) in [6.07, 6.45) is 0. The summed E-state index contributed by atoms with van der Waals surface area (Å²) in [5, 5.41) is 8.86. The molecule has 0 spiro atoms. The number of imidazole rings is 1. The smallest absolute Gasteiger partial charge is 0.138 e. The number of alkyl halides is 1. The van der Waals surface area contributed by atoms with E-state index in [0.29, 0.717) is 26.0 Å². The van der Waals surface area contributed by atoms with Gasteiger partial charge in [-0.25, -0.2) is 9.37 Å². The minimum Gasteiger partial charge on any atom is -0.295 e.